The van der Waals surface area contributed by atoms with Crippen molar-refractivity contribution in [3.63, 3.8) is 0 Å². The fraction of sp³-hybridized carbons (Fsp3) is 0.312. The van der Waals surface area contributed by atoms with E-state index in [1.165, 1.54) is 17.1 Å². The Morgan fingerprint density at radius 2 is 1.80 bits per heavy atom. The Labute approximate surface area is 268 Å². The molecule has 0 saturated heterocycles. The second-order valence-electron chi connectivity index (χ2n) is 10.9. The zero-order valence-electron chi connectivity index (χ0n) is 27.2. The molecule has 242 valence electrons. The number of para-hydroxylation sites is 1. The van der Waals surface area contributed by atoms with Gasteiger partial charge in [0.2, 0.25) is 11.8 Å². The number of rotatable bonds is 17. The lowest BCUT2D eigenvalue weighted by Crippen LogP contribution is -2.56. The molecule has 0 bridgehead atoms. The molecule has 2 aromatic heterocycles. The zero-order valence-corrected chi connectivity index (χ0v) is 25.2. The Kier molecular flexibility index (Phi) is 10.7. The van der Waals surface area contributed by atoms with E-state index in [4.69, 9.17) is 20.0 Å². The third-order valence-electron chi connectivity index (χ3n) is 7.35. The second kappa shape index (κ2) is 16.1. The van der Waals surface area contributed by atoms with Crippen LogP contribution in [0.1, 0.15) is 34.5 Å². The number of aromatic amines is 1. The van der Waals surface area contributed by atoms with Gasteiger partial charge in [-0.15, -0.1) is 0 Å². The number of nitrogens with one attached hydrogen (secondary N) is 3. The van der Waals surface area contributed by atoms with Crippen molar-refractivity contribution in [2.75, 3.05) is 6.54 Å². The Balaban J connectivity index is 1.67. The van der Waals surface area contributed by atoms with Crippen molar-refractivity contribution in [1.82, 2.24) is 25.2 Å². The van der Waals surface area contributed by atoms with Gasteiger partial charge in [-0.05, 0) is 36.5 Å². The fourth-order valence-corrected chi connectivity index (χ4v) is 5.07. The van der Waals surface area contributed by atoms with E-state index in [0.717, 1.165) is 0 Å². The van der Waals surface area contributed by atoms with E-state index in [1.54, 1.807) is 54.7 Å². The topological polar surface area (TPSA) is 242 Å². The molecule has 4 atom stereocenters. The standard InChI is InChI=1S/C32H40N10O4/c33-22(18-43)14-21-17-42(28-11-5-4-9-24(21)28)31(46)26(10-6-12-38-32(35)36)40-30(45)27(13-20-7-2-1-3-8-20)41-29(44)25(34)15-23-16-37-19-39-23/h1-5,7-9,11,16-19,22,25-27H,6,10,12-15,33-34H2,(H,37,39)(H,40,45)(H,41,44)(H4,35,36,38)/t22-,25-,26-,27-/m0/s1/i/hD2. The normalized spacial score (nSPS) is 14.3. The number of hydrogen-bond acceptors (Lipinski definition) is 8. The molecule has 0 spiro atoms. The first-order valence-electron chi connectivity index (χ1n) is 15.8. The molecule has 0 aliphatic carbocycles. The van der Waals surface area contributed by atoms with Crippen molar-refractivity contribution in [1.29, 1.82) is 0 Å². The van der Waals surface area contributed by atoms with Gasteiger partial charge in [-0.2, -0.15) is 0 Å². The highest BCUT2D eigenvalue weighted by Gasteiger charge is 2.30. The molecule has 4 aromatic rings. The van der Waals surface area contributed by atoms with Gasteiger partial charge in [-0.1, -0.05) is 48.5 Å². The average Bonchev–Trinajstić information content (AvgIpc) is 3.74. The maximum Gasteiger partial charge on any atom is 0.253 e. The molecule has 0 aliphatic heterocycles. The molecule has 2 aromatic carbocycles. The first kappa shape index (κ1) is 30.7. The van der Waals surface area contributed by atoms with Crippen molar-refractivity contribution >= 4 is 40.9 Å². The monoisotopic (exact) mass is 630 g/mol. The van der Waals surface area contributed by atoms with Crippen molar-refractivity contribution in [2.45, 2.75) is 56.3 Å². The van der Waals surface area contributed by atoms with Gasteiger partial charge in [0.05, 0.1) is 23.9 Å². The summed E-state index contributed by atoms with van der Waals surface area (Å²) in [5.41, 5.74) is 21.6. The molecular formula is C32H40N10O4. The number of aldehydes is 1. The van der Waals surface area contributed by atoms with Crippen molar-refractivity contribution in [3.8, 4) is 0 Å². The third-order valence-corrected chi connectivity index (χ3v) is 7.35. The van der Waals surface area contributed by atoms with Crippen molar-refractivity contribution in [2.24, 2.45) is 27.9 Å². The van der Waals surface area contributed by atoms with Gasteiger partial charge < -0.3 is 43.3 Å². The number of carbonyl (C=O) groups is 4. The van der Waals surface area contributed by atoms with E-state index in [0.29, 0.717) is 39.3 Å². The van der Waals surface area contributed by atoms with Gasteiger partial charge in [0, 0.05) is 42.9 Å². The molecule has 0 unspecified atom stereocenters. The van der Waals surface area contributed by atoms with E-state index in [1.807, 2.05) is 6.07 Å². The van der Waals surface area contributed by atoms with Crippen LogP contribution in [0.25, 0.3) is 10.9 Å². The molecule has 14 nitrogen and oxygen atoms in total. The van der Waals surface area contributed by atoms with Crippen molar-refractivity contribution < 1.29 is 22.0 Å². The molecule has 0 saturated carbocycles. The Morgan fingerprint density at radius 3 is 2.50 bits per heavy atom. The molecule has 4 rings (SSSR count). The van der Waals surface area contributed by atoms with E-state index >= 15 is 0 Å². The van der Waals surface area contributed by atoms with Crippen LogP contribution in [0.3, 0.4) is 0 Å². The summed E-state index contributed by atoms with van der Waals surface area (Å²) in [6, 6.07) is 11.6. The lowest BCUT2D eigenvalue weighted by Gasteiger charge is -2.24. The Bertz CT molecular complexity index is 1710. The molecule has 46 heavy (non-hydrogen) atoms. The summed E-state index contributed by atoms with van der Waals surface area (Å²) in [7, 11) is 0. The predicted octanol–water partition coefficient (Wildman–Crippen LogP) is -0.0908. The van der Waals surface area contributed by atoms with Crippen molar-refractivity contribution in [3.05, 3.63) is 90.1 Å². The number of imidazole rings is 1. The Morgan fingerprint density at radius 1 is 1.04 bits per heavy atom. The molecule has 0 fully saturated rings. The summed E-state index contributed by atoms with van der Waals surface area (Å²) in [6.45, 7) is 0.147. The molecule has 2 amide bonds. The minimum absolute atomic E-state index is 0.0171. The van der Waals surface area contributed by atoms with Crippen LogP contribution in [-0.4, -0.2) is 75.2 Å². The van der Waals surface area contributed by atoms with Gasteiger partial charge in [-0.25, -0.2) is 4.98 Å². The van der Waals surface area contributed by atoms with Crippen LogP contribution in [0.15, 0.2) is 78.3 Å². The minimum atomic E-state index is -1.32. The van der Waals surface area contributed by atoms with Crippen LogP contribution >= 0.6 is 0 Å². The summed E-state index contributed by atoms with van der Waals surface area (Å²) < 4.78 is 18.1. The SMILES string of the molecule is [2H]N[C@@H](Cc1cnc[nH]1)C(=O)N[C@@H](Cc1ccccc1)C(=O)N([2H])[C@@H](CCCN=C(N)N)C(=O)n1cc(C[C@H](N)C=O)c2ccccc21. The zero-order chi connectivity index (χ0) is 34.6. The van der Waals surface area contributed by atoms with E-state index in [2.05, 4.69) is 26.0 Å². The van der Waals surface area contributed by atoms with E-state index < -0.39 is 41.9 Å². The van der Waals surface area contributed by atoms with Gasteiger partial charge in [0.25, 0.3) is 5.91 Å². The average molecular weight is 631 g/mol. The fourth-order valence-electron chi connectivity index (χ4n) is 5.07. The molecular weight excluding hydrogens is 588 g/mol. The summed E-state index contributed by atoms with van der Waals surface area (Å²) in [6.07, 6.45) is 5.73. The van der Waals surface area contributed by atoms with Gasteiger partial charge >= 0.3 is 0 Å². The number of H-pyrrole nitrogens is 1. The largest absolute Gasteiger partial charge is 0.370 e. The van der Waals surface area contributed by atoms with Crippen LogP contribution in [0.2, 0.25) is 2.82 Å². The third kappa shape index (κ3) is 9.09. The summed E-state index contributed by atoms with van der Waals surface area (Å²) in [4.78, 5) is 63.9. The first-order chi connectivity index (χ1) is 23.1. The smallest absolute Gasteiger partial charge is 0.253 e. The Hall–Kier alpha value is -5.34. The predicted molar refractivity (Wildman–Crippen MR) is 174 cm³/mol. The number of hydrogen-bond donors (Lipinski definition) is 7. The minimum Gasteiger partial charge on any atom is -0.370 e. The van der Waals surface area contributed by atoms with E-state index in [-0.39, 0.29) is 44.6 Å². The molecule has 0 aliphatic rings. The molecule has 11 N–H and O–H groups in total. The number of amides is 2. The highest BCUT2D eigenvalue weighted by atomic mass is 16.2. The van der Waals surface area contributed by atoms with Gasteiger partial charge in [0.15, 0.2) is 7.37 Å². The van der Waals surface area contributed by atoms with Gasteiger partial charge in [-0.3, -0.25) is 23.9 Å². The number of carbonyl (C=O) groups excluding carboxylic acids is 4. The highest BCUT2D eigenvalue weighted by Crippen LogP contribution is 2.23. The quantitative estimate of drug-likeness (QED) is 0.0356. The number of aliphatic imine (C=N–C) groups is 1. The molecule has 0 radical (unpaired) electrons. The number of benzene rings is 2. The molecule has 2 heterocycles. The number of aromatic nitrogens is 3. The van der Waals surface area contributed by atoms with Gasteiger partial charge in [0.1, 0.15) is 19.8 Å². The first-order valence-corrected chi connectivity index (χ1v) is 14.8. The van der Waals surface area contributed by atoms with Crippen LogP contribution in [0.4, 0.5) is 0 Å². The lowest BCUT2D eigenvalue weighted by molar-refractivity contribution is -0.129. The molecule has 14 heteroatoms. The lowest BCUT2D eigenvalue weighted by atomic mass is 10.0. The summed E-state index contributed by atoms with van der Waals surface area (Å²) in [5, 5.41) is 3.99. The number of nitrogens with two attached hydrogens (primary N) is 4. The van der Waals surface area contributed by atoms with Crippen LogP contribution in [-0.2, 0) is 33.6 Å². The maximum absolute atomic E-state index is 14.3. The van der Waals surface area contributed by atoms with Crippen LogP contribution in [0, 0.1) is 0 Å². The highest BCUT2D eigenvalue weighted by molar-refractivity contribution is 5.99. The second-order valence-corrected chi connectivity index (χ2v) is 10.9. The van der Waals surface area contributed by atoms with Crippen LogP contribution in [0.5, 0.6) is 0 Å². The maximum atomic E-state index is 14.3. The summed E-state index contributed by atoms with van der Waals surface area (Å²) >= 11 is 0. The number of guanidine groups is 1. The summed E-state index contributed by atoms with van der Waals surface area (Å²) in [5.74, 6) is -2.20. The van der Waals surface area contributed by atoms with Crippen LogP contribution < -0.4 is 33.6 Å². The number of nitrogens with zero attached hydrogens (tertiary/aromatic N) is 3. The van der Waals surface area contributed by atoms with E-state index in [9.17, 15) is 19.2 Å². The number of fused-ring (bicyclic) bond motifs is 1.